The van der Waals surface area contributed by atoms with Crippen LogP contribution >= 0.6 is 27.5 Å². The topological polar surface area (TPSA) is 91.9 Å². The van der Waals surface area contributed by atoms with Crippen LogP contribution in [-0.4, -0.2) is 55.5 Å². The number of hydrogen-bond acceptors (Lipinski definition) is 7. The summed E-state index contributed by atoms with van der Waals surface area (Å²) in [7, 11) is 1.75. The molecule has 3 aromatic heterocycles. The molecule has 5 rings (SSSR count). The Labute approximate surface area is 185 Å². The number of rotatable bonds is 2. The summed E-state index contributed by atoms with van der Waals surface area (Å²) < 4.78 is 29.9. The number of ether oxygens (including phenoxy) is 2. The average Bonchev–Trinajstić information content (AvgIpc) is 3.22. The minimum atomic E-state index is -1.31. The second kappa shape index (κ2) is 7.93. The summed E-state index contributed by atoms with van der Waals surface area (Å²) in [6.07, 6.45) is 4.34. The van der Waals surface area contributed by atoms with E-state index in [-0.39, 0.29) is 30.5 Å². The Hall–Kier alpha value is -1.98. The second-order valence-corrected chi connectivity index (χ2v) is 8.63. The van der Waals surface area contributed by atoms with Crippen molar-refractivity contribution in [3.8, 4) is 5.88 Å². The van der Waals surface area contributed by atoms with Crippen LogP contribution in [0, 0.1) is 0 Å². The van der Waals surface area contributed by atoms with Gasteiger partial charge in [-0.3, -0.25) is 0 Å². The van der Waals surface area contributed by atoms with Gasteiger partial charge in [0.05, 0.1) is 24.1 Å². The highest BCUT2D eigenvalue weighted by Crippen LogP contribution is 2.40. The lowest BCUT2D eigenvalue weighted by molar-refractivity contribution is 0.0562. The predicted molar refractivity (Wildman–Crippen MR) is 112 cm³/mol. The van der Waals surface area contributed by atoms with Gasteiger partial charge in [-0.25, -0.2) is 18.7 Å². The maximum atomic E-state index is 14.7. The Bertz CT molecular complexity index is 1080. The van der Waals surface area contributed by atoms with Gasteiger partial charge in [-0.15, -0.1) is 5.10 Å². The first kappa shape index (κ1) is 20.0. The van der Waals surface area contributed by atoms with Gasteiger partial charge >= 0.3 is 0 Å². The number of hydrogen-bond donors (Lipinski definition) is 1. The fourth-order valence-electron chi connectivity index (χ4n) is 4.00. The number of fused-ring (bicyclic) bond motifs is 2. The molecule has 0 spiro atoms. The Kier molecular flexibility index (Phi) is 5.28. The van der Waals surface area contributed by atoms with Crippen molar-refractivity contribution in [2.24, 2.45) is 0 Å². The maximum absolute atomic E-state index is 14.7. The lowest BCUT2D eigenvalue weighted by atomic mass is 9.93. The quantitative estimate of drug-likeness (QED) is 0.568. The molecule has 0 radical (unpaired) electrons. The van der Waals surface area contributed by atoms with Crippen molar-refractivity contribution in [3.05, 3.63) is 16.0 Å². The minimum Gasteiger partial charge on any atom is -0.472 e. The van der Waals surface area contributed by atoms with Crippen LogP contribution in [0.2, 0.25) is 5.15 Å². The number of nitrogens with zero attached hydrogens (tertiary/aromatic N) is 6. The summed E-state index contributed by atoms with van der Waals surface area (Å²) in [6.45, 7) is -0.199. The zero-order chi connectivity index (χ0) is 20.8. The van der Waals surface area contributed by atoms with Crippen molar-refractivity contribution in [1.29, 1.82) is 0 Å². The third-order valence-electron chi connectivity index (χ3n) is 5.60. The SMILES string of the molecule is COC1CCC(n2nc3c(c2Br)Nc2ncc4c(Cl)nn(c4n2)CC(F)CO3)CC1. The lowest BCUT2D eigenvalue weighted by Crippen LogP contribution is -2.23. The molecule has 1 aliphatic carbocycles. The summed E-state index contributed by atoms with van der Waals surface area (Å²) in [4.78, 5) is 8.82. The van der Waals surface area contributed by atoms with E-state index in [1.165, 1.54) is 4.68 Å². The van der Waals surface area contributed by atoms with Gasteiger partial charge in [0, 0.05) is 13.3 Å². The molecule has 0 aromatic carbocycles. The number of halogens is 3. The number of alkyl halides is 1. The van der Waals surface area contributed by atoms with Crippen molar-refractivity contribution in [3.63, 3.8) is 0 Å². The zero-order valence-electron chi connectivity index (χ0n) is 16.2. The monoisotopic (exact) mass is 499 g/mol. The Morgan fingerprint density at radius 3 is 2.87 bits per heavy atom. The molecule has 1 N–H and O–H groups in total. The van der Waals surface area contributed by atoms with Gasteiger partial charge in [0.15, 0.2) is 17.0 Å². The van der Waals surface area contributed by atoms with E-state index in [0.717, 1.165) is 25.7 Å². The van der Waals surface area contributed by atoms with Crippen molar-refractivity contribution in [1.82, 2.24) is 29.5 Å². The number of nitrogens with one attached hydrogen (secondary N) is 1. The van der Waals surface area contributed by atoms with Crippen LogP contribution in [0.15, 0.2) is 10.8 Å². The van der Waals surface area contributed by atoms with E-state index in [1.54, 1.807) is 13.3 Å². The normalized spacial score (nSPS) is 24.2. The van der Waals surface area contributed by atoms with E-state index in [9.17, 15) is 4.39 Å². The molecule has 2 bridgehead atoms. The Morgan fingerprint density at radius 2 is 2.10 bits per heavy atom. The van der Waals surface area contributed by atoms with Crippen molar-refractivity contribution >= 4 is 50.2 Å². The number of aromatic nitrogens is 6. The van der Waals surface area contributed by atoms with Crippen LogP contribution in [-0.2, 0) is 11.3 Å². The van der Waals surface area contributed by atoms with Crippen LogP contribution in [0.25, 0.3) is 11.0 Å². The molecule has 160 valence electrons. The molecule has 3 aromatic rings. The third-order valence-corrected chi connectivity index (χ3v) is 6.63. The third kappa shape index (κ3) is 3.52. The number of anilines is 2. The fourth-order valence-corrected chi connectivity index (χ4v) is 4.86. The molecule has 1 fully saturated rings. The van der Waals surface area contributed by atoms with E-state index in [2.05, 4.69) is 41.4 Å². The molecule has 2 aliphatic rings. The molecule has 0 amide bonds. The largest absolute Gasteiger partial charge is 0.472 e. The van der Waals surface area contributed by atoms with Gasteiger partial charge in [0.1, 0.15) is 16.9 Å². The highest BCUT2D eigenvalue weighted by atomic mass is 79.9. The van der Waals surface area contributed by atoms with Crippen LogP contribution in [0.4, 0.5) is 16.0 Å². The standard InChI is InChI=1S/C18H20BrClFN7O2/c1-29-11-4-2-10(3-5-11)28-14(19)13-17(26-28)30-8-9(21)7-27-16-12(15(20)25-27)6-22-18(23-13)24-16/h6,9-11H,2-5,7-8H2,1H3,(H,22,23,24). The molecule has 1 aliphatic heterocycles. The molecule has 1 unspecified atom stereocenters. The summed E-state index contributed by atoms with van der Waals surface area (Å²) in [5, 5.41) is 12.8. The maximum Gasteiger partial charge on any atom is 0.258 e. The molecule has 30 heavy (non-hydrogen) atoms. The first-order valence-corrected chi connectivity index (χ1v) is 10.9. The molecule has 12 heteroatoms. The second-order valence-electron chi connectivity index (χ2n) is 7.52. The highest BCUT2D eigenvalue weighted by Gasteiger charge is 2.29. The van der Waals surface area contributed by atoms with Crippen molar-refractivity contribution in [2.75, 3.05) is 19.0 Å². The molecule has 9 nitrogen and oxygen atoms in total. The summed E-state index contributed by atoms with van der Waals surface area (Å²) in [6, 6.07) is 0.196. The van der Waals surface area contributed by atoms with E-state index in [1.807, 2.05) is 4.68 Å². The summed E-state index contributed by atoms with van der Waals surface area (Å²) in [5.41, 5.74) is 1.03. The van der Waals surface area contributed by atoms with Crippen molar-refractivity contribution < 1.29 is 13.9 Å². The molecule has 1 atom stereocenters. The predicted octanol–water partition coefficient (Wildman–Crippen LogP) is 4.04. The van der Waals surface area contributed by atoms with Gasteiger partial charge in [-0.05, 0) is 41.6 Å². The molecular formula is C18H20BrClFN7O2. The highest BCUT2D eigenvalue weighted by molar-refractivity contribution is 9.10. The lowest BCUT2D eigenvalue weighted by Gasteiger charge is -2.28. The van der Waals surface area contributed by atoms with Gasteiger partial charge in [-0.2, -0.15) is 10.1 Å². The van der Waals surface area contributed by atoms with Crippen LogP contribution < -0.4 is 10.1 Å². The van der Waals surface area contributed by atoms with Crippen LogP contribution in [0.1, 0.15) is 31.7 Å². The van der Waals surface area contributed by atoms with E-state index < -0.39 is 6.17 Å². The fraction of sp³-hybridized carbons (Fsp3) is 0.556. The summed E-state index contributed by atoms with van der Waals surface area (Å²) >= 11 is 9.79. The molecule has 0 saturated heterocycles. The molecular weight excluding hydrogens is 481 g/mol. The van der Waals surface area contributed by atoms with E-state index in [0.29, 0.717) is 33.2 Å². The van der Waals surface area contributed by atoms with Gasteiger partial charge in [0.25, 0.3) is 5.88 Å². The Morgan fingerprint density at radius 1 is 1.30 bits per heavy atom. The Balaban J connectivity index is 1.53. The first-order valence-electron chi connectivity index (χ1n) is 9.77. The average molecular weight is 501 g/mol. The van der Waals surface area contributed by atoms with Crippen LogP contribution in [0.3, 0.4) is 0 Å². The zero-order valence-corrected chi connectivity index (χ0v) is 18.5. The van der Waals surface area contributed by atoms with Crippen molar-refractivity contribution in [2.45, 2.75) is 50.5 Å². The van der Waals surface area contributed by atoms with Crippen LogP contribution in [0.5, 0.6) is 5.88 Å². The van der Waals surface area contributed by atoms with Gasteiger partial charge in [0.2, 0.25) is 5.95 Å². The van der Waals surface area contributed by atoms with E-state index >= 15 is 0 Å². The number of methoxy groups -OCH3 is 1. The summed E-state index contributed by atoms with van der Waals surface area (Å²) in [5.74, 6) is 0.630. The van der Waals surface area contributed by atoms with E-state index in [4.69, 9.17) is 21.1 Å². The smallest absolute Gasteiger partial charge is 0.258 e. The van der Waals surface area contributed by atoms with Gasteiger partial charge in [-0.1, -0.05) is 11.6 Å². The minimum absolute atomic E-state index is 0.0298. The first-order chi connectivity index (χ1) is 14.5. The molecule has 1 saturated carbocycles. The van der Waals surface area contributed by atoms with Gasteiger partial charge < -0.3 is 14.8 Å². The molecule has 4 heterocycles.